The molecule has 1 aliphatic heterocycles. The van der Waals surface area contributed by atoms with E-state index in [9.17, 15) is 18.0 Å². The standard InChI is InChI=1S/C13H14BrF3N2O/c1-8-7-18-4-5-19(8)12(20)10-3-2-9(14)6-11(10)13(15,16)17/h2-3,6,8,18H,4-5,7H2,1H3/t8-/m0/s1. The van der Waals surface area contributed by atoms with Crippen molar-refractivity contribution in [3.05, 3.63) is 33.8 Å². The highest BCUT2D eigenvalue weighted by Gasteiger charge is 2.37. The Balaban J connectivity index is 2.39. The second kappa shape index (κ2) is 5.73. The van der Waals surface area contributed by atoms with Crippen molar-refractivity contribution in [2.45, 2.75) is 19.1 Å². The Morgan fingerprint density at radius 1 is 1.45 bits per heavy atom. The summed E-state index contributed by atoms with van der Waals surface area (Å²) in [4.78, 5) is 13.9. The van der Waals surface area contributed by atoms with Crippen LogP contribution >= 0.6 is 15.9 Å². The van der Waals surface area contributed by atoms with Gasteiger partial charge in [-0.15, -0.1) is 0 Å². The van der Waals surface area contributed by atoms with Gasteiger partial charge in [-0.2, -0.15) is 13.2 Å². The third-order valence-corrected chi connectivity index (χ3v) is 3.77. The summed E-state index contributed by atoms with van der Waals surface area (Å²) < 4.78 is 39.4. The van der Waals surface area contributed by atoms with Crippen LogP contribution in [0.3, 0.4) is 0 Å². The van der Waals surface area contributed by atoms with E-state index >= 15 is 0 Å². The molecule has 110 valence electrons. The number of piperazine rings is 1. The average Bonchev–Trinajstić information content (AvgIpc) is 2.37. The van der Waals surface area contributed by atoms with E-state index in [4.69, 9.17) is 0 Å². The predicted octanol–water partition coefficient (Wildman–Crippen LogP) is 2.90. The van der Waals surface area contributed by atoms with Gasteiger partial charge >= 0.3 is 6.18 Å². The molecule has 1 amide bonds. The molecule has 0 saturated carbocycles. The molecule has 0 aliphatic carbocycles. The Hall–Kier alpha value is -1.08. The summed E-state index contributed by atoms with van der Waals surface area (Å²) in [5.74, 6) is -0.571. The minimum absolute atomic E-state index is 0.124. The predicted molar refractivity (Wildman–Crippen MR) is 72.5 cm³/mol. The molecule has 0 radical (unpaired) electrons. The summed E-state index contributed by atoms with van der Waals surface area (Å²) in [6.07, 6.45) is -4.55. The summed E-state index contributed by atoms with van der Waals surface area (Å²) in [5.41, 5.74) is -1.20. The molecule has 7 heteroatoms. The number of nitrogens with zero attached hydrogens (tertiary/aromatic N) is 1. The van der Waals surface area contributed by atoms with Crippen molar-refractivity contribution in [2.24, 2.45) is 0 Å². The van der Waals surface area contributed by atoms with Crippen LogP contribution < -0.4 is 5.32 Å². The van der Waals surface area contributed by atoms with Crippen LogP contribution in [0, 0.1) is 0 Å². The highest BCUT2D eigenvalue weighted by atomic mass is 79.9. The lowest BCUT2D eigenvalue weighted by molar-refractivity contribution is -0.138. The van der Waals surface area contributed by atoms with Crippen LogP contribution in [0.15, 0.2) is 22.7 Å². The smallest absolute Gasteiger partial charge is 0.333 e. The Morgan fingerprint density at radius 2 is 2.15 bits per heavy atom. The van der Waals surface area contributed by atoms with E-state index in [0.29, 0.717) is 24.1 Å². The minimum atomic E-state index is -4.55. The van der Waals surface area contributed by atoms with Crippen molar-refractivity contribution in [3.63, 3.8) is 0 Å². The Kier molecular flexibility index (Phi) is 4.39. The van der Waals surface area contributed by atoms with E-state index in [1.54, 1.807) is 0 Å². The molecule has 3 nitrogen and oxygen atoms in total. The van der Waals surface area contributed by atoms with E-state index in [0.717, 1.165) is 6.07 Å². The van der Waals surface area contributed by atoms with Crippen LogP contribution in [0.5, 0.6) is 0 Å². The fourth-order valence-electron chi connectivity index (χ4n) is 2.23. The van der Waals surface area contributed by atoms with Crippen LogP contribution in [-0.2, 0) is 6.18 Å². The number of alkyl halides is 3. The van der Waals surface area contributed by atoms with E-state index in [-0.39, 0.29) is 11.6 Å². The van der Waals surface area contributed by atoms with Gasteiger partial charge in [-0.05, 0) is 25.1 Å². The first-order chi connectivity index (χ1) is 9.30. The van der Waals surface area contributed by atoms with E-state index in [2.05, 4.69) is 21.2 Å². The van der Waals surface area contributed by atoms with Gasteiger partial charge in [0.1, 0.15) is 0 Å². The Labute approximate surface area is 123 Å². The van der Waals surface area contributed by atoms with Gasteiger partial charge in [0.2, 0.25) is 0 Å². The third kappa shape index (κ3) is 3.15. The molecule has 0 aromatic heterocycles. The number of nitrogens with one attached hydrogen (secondary N) is 1. The third-order valence-electron chi connectivity index (χ3n) is 3.28. The van der Waals surface area contributed by atoms with E-state index in [1.807, 2.05) is 6.92 Å². The first-order valence-electron chi connectivity index (χ1n) is 6.19. The van der Waals surface area contributed by atoms with Gasteiger partial charge in [0.25, 0.3) is 5.91 Å². The first kappa shape index (κ1) is 15.3. The molecular weight excluding hydrogens is 337 g/mol. The van der Waals surface area contributed by atoms with Crippen LogP contribution in [-0.4, -0.2) is 36.5 Å². The van der Waals surface area contributed by atoms with Gasteiger partial charge in [0.05, 0.1) is 11.1 Å². The fraction of sp³-hybridized carbons (Fsp3) is 0.462. The molecule has 1 aromatic rings. The average molecular weight is 351 g/mol. The lowest BCUT2D eigenvalue weighted by Gasteiger charge is -2.34. The Morgan fingerprint density at radius 3 is 2.75 bits per heavy atom. The van der Waals surface area contributed by atoms with E-state index in [1.165, 1.54) is 17.0 Å². The molecule has 1 atom stereocenters. The number of rotatable bonds is 1. The van der Waals surface area contributed by atoms with Gasteiger partial charge in [-0.3, -0.25) is 4.79 Å². The monoisotopic (exact) mass is 350 g/mol. The molecule has 1 fully saturated rings. The number of halogens is 4. The Bertz CT molecular complexity index is 519. The topological polar surface area (TPSA) is 32.3 Å². The molecule has 0 bridgehead atoms. The zero-order valence-corrected chi connectivity index (χ0v) is 12.4. The van der Waals surface area contributed by atoms with Crippen molar-refractivity contribution >= 4 is 21.8 Å². The van der Waals surface area contributed by atoms with Crippen molar-refractivity contribution < 1.29 is 18.0 Å². The molecule has 1 heterocycles. The van der Waals surface area contributed by atoms with Crippen LogP contribution in [0.1, 0.15) is 22.8 Å². The SMILES string of the molecule is C[C@H]1CNCCN1C(=O)c1ccc(Br)cc1C(F)(F)F. The molecule has 1 N–H and O–H groups in total. The molecule has 2 rings (SSSR count). The van der Waals surface area contributed by atoms with Gasteiger partial charge in [-0.25, -0.2) is 0 Å². The summed E-state index contributed by atoms with van der Waals surface area (Å²) in [6.45, 7) is 3.40. The normalized spacial score (nSPS) is 20.1. The lowest BCUT2D eigenvalue weighted by atomic mass is 10.0. The van der Waals surface area contributed by atoms with Crippen molar-refractivity contribution in [2.75, 3.05) is 19.6 Å². The largest absolute Gasteiger partial charge is 0.417 e. The molecular formula is C13H14BrF3N2O. The quantitative estimate of drug-likeness (QED) is 0.844. The summed E-state index contributed by atoms with van der Waals surface area (Å²) in [7, 11) is 0. The van der Waals surface area contributed by atoms with Crippen LogP contribution in [0.25, 0.3) is 0 Å². The molecule has 20 heavy (non-hydrogen) atoms. The minimum Gasteiger partial charge on any atom is -0.333 e. The van der Waals surface area contributed by atoms with Gasteiger partial charge in [-0.1, -0.05) is 15.9 Å². The van der Waals surface area contributed by atoms with Crippen molar-refractivity contribution in [1.29, 1.82) is 0 Å². The van der Waals surface area contributed by atoms with Gasteiger partial charge in [0, 0.05) is 30.1 Å². The highest BCUT2D eigenvalue weighted by Crippen LogP contribution is 2.34. The maximum absolute atomic E-state index is 13.0. The lowest BCUT2D eigenvalue weighted by Crippen LogP contribution is -2.52. The van der Waals surface area contributed by atoms with Crippen LogP contribution in [0.4, 0.5) is 13.2 Å². The van der Waals surface area contributed by atoms with Gasteiger partial charge in [0.15, 0.2) is 0 Å². The number of carbonyl (C=O) groups is 1. The highest BCUT2D eigenvalue weighted by molar-refractivity contribution is 9.10. The molecule has 0 spiro atoms. The zero-order valence-electron chi connectivity index (χ0n) is 10.8. The summed E-state index contributed by atoms with van der Waals surface area (Å²) in [5, 5.41) is 3.10. The zero-order chi connectivity index (χ0) is 14.9. The van der Waals surface area contributed by atoms with E-state index < -0.39 is 17.6 Å². The maximum atomic E-state index is 13.0. The fourth-order valence-corrected chi connectivity index (χ4v) is 2.60. The maximum Gasteiger partial charge on any atom is 0.417 e. The van der Waals surface area contributed by atoms with Crippen molar-refractivity contribution in [1.82, 2.24) is 10.2 Å². The molecule has 1 aliphatic rings. The van der Waals surface area contributed by atoms with Gasteiger partial charge < -0.3 is 10.2 Å². The number of carbonyl (C=O) groups excluding carboxylic acids is 1. The number of hydrogen-bond donors (Lipinski definition) is 1. The van der Waals surface area contributed by atoms with Crippen LogP contribution in [0.2, 0.25) is 0 Å². The summed E-state index contributed by atoms with van der Waals surface area (Å²) in [6, 6.07) is 3.50. The second-order valence-electron chi connectivity index (χ2n) is 4.74. The number of amides is 1. The second-order valence-corrected chi connectivity index (χ2v) is 5.66. The molecule has 1 aromatic carbocycles. The van der Waals surface area contributed by atoms with Crippen molar-refractivity contribution in [3.8, 4) is 0 Å². The number of hydrogen-bond acceptors (Lipinski definition) is 2. The molecule has 1 saturated heterocycles. The molecule has 0 unspecified atom stereocenters. The summed E-state index contributed by atoms with van der Waals surface area (Å²) >= 11 is 3.01. The number of benzene rings is 1. The first-order valence-corrected chi connectivity index (χ1v) is 6.98.